The summed E-state index contributed by atoms with van der Waals surface area (Å²) in [6, 6.07) is 0. The van der Waals surface area contributed by atoms with Crippen molar-refractivity contribution in [2.45, 2.75) is 40.3 Å². The van der Waals surface area contributed by atoms with Gasteiger partial charge in [-0.15, -0.1) is 0 Å². The Morgan fingerprint density at radius 1 is 1.43 bits per heavy atom. The lowest BCUT2D eigenvalue weighted by Crippen LogP contribution is -2.10. The quantitative estimate of drug-likeness (QED) is 0.460. The smallest absolute Gasteiger partial charge is 0.116 e. The van der Waals surface area contributed by atoms with Crippen molar-refractivity contribution >= 4 is 0 Å². The van der Waals surface area contributed by atoms with E-state index in [1.54, 1.807) is 19.1 Å². The molecule has 0 nitrogen and oxygen atoms in total. The summed E-state index contributed by atoms with van der Waals surface area (Å²) in [4.78, 5) is 0. The Bertz CT molecular complexity index is 226. The first-order valence-electron chi connectivity index (χ1n) is 5.00. The lowest BCUT2D eigenvalue weighted by atomic mass is 9.83. The van der Waals surface area contributed by atoms with Gasteiger partial charge in [-0.1, -0.05) is 57.2 Å². The molecule has 0 bridgehead atoms. The highest BCUT2D eigenvalue weighted by molar-refractivity contribution is 5.17. The predicted molar refractivity (Wildman–Crippen MR) is 62.1 cm³/mol. The van der Waals surface area contributed by atoms with E-state index in [0.29, 0.717) is 0 Å². The van der Waals surface area contributed by atoms with Crippen LogP contribution in [0.15, 0.2) is 36.5 Å². The highest BCUT2D eigenvalue weighted by Crippen LogP contribution is 2.28. The van der Waals surface area contributed by atoms with Gasteiger partial charge >= 0.3 is 0 Å². The maximum Gasteiger partial charge on any atom is 0.116 e. The standard InChI is InChI=1S/C13H21F/c1-6-7-8-9-12(10-11(2)14)13(3,4)5/h6-8,10-11H,1,9H2,2-5H3/b8-7-,12-10+. The molecule has 0 amide bonds. The Labute approximate surface area is 87.2 Å². The molecule has 1 unspecified atom stereocenters. The molecule has 0 aromatic heterocycles. The van der Waals surface area contributed by atoms with Crippen LogP contribution in [0.4, 0.5) is 4.39 Å². The van der Waals surface area contributed by atoms with Crippen molar-refractivity contribution in [1.82, 2.24) is 0 Å². The monoisotopic (exact) mass is 196 g/mol. The molecule has 1 atom stereocenters. The van der Waals surface area contributed by atoms with Crippen molar-refractivity contribution < 1.29 is 4.39 Å². The Hall–Kier alpha value is -0.850. The van der Waals surface area contributed by atoms with Crippen LogP contribution in [0.3, 0.4) is 0 Å². The first kappa shape index (κ1) is 13.2. The third-order valence-electron chi connectivity index (χ3n) is 2.00. The normalized spacial score (nSPS) is 15.9. The summed E-state index contributed by atoms with van der Waals surface area (Å²) < 4.78 is 12.9. The molecule has 0 aromatic carbocycles. The van der Waals surface area contributed by atoms with Crippen LogP contribution in [0.25, 0.3) is 0 Å². The second kappa shape index (κ2) is 5.79. The van der Waals surface area contributed by atoms with Crippen molar-refractivity contribution in [2.75, 3.05) is 0 Å². The molecular formula is C13H21F. The molecule has 0 fully saturated rings. The number of halogens is 1. The van der Waals surface area contributed by atoms with E-state index in [0.717, 1.165) is 12.0 Å². The van der Waals surface area contributed by atoms with E-state index in [1.807, 2.05) is 12.2 Å². The van der Waals surface area contributed by atoms with E-state index in [2.05, 4.69) is 27.4 Å². The van der Waals surface area contributed by atoms with Gasteiger partial charge in [-0.3, -0.25) is 0 Å². The second-order valence-electron chi connectivity index (χ2n) is 4.49. The zero-order valence-corrected chi connectivity index (χ0v) is 9.68. The molecule has 0 saturated carbocycles. The van der Waals surface area contributed by atoms with Gasteiger partial charge in [0.25, 0.3) is 0 Å². The number of hydrogen-bond acceptors (Lipinski definition) is 0. The first-order chi connectivity index (χ1) is 6.38. The fraction of sp³-hybridized carbons (Fsp3) is 0.538. The highest BCUT2D eigenvalue weighted by atomic mass is 19.1. The van der Waals surface area contributed by atoms with Gasteiger partial charge in [-0.05, 0) is 18.8 Å². The molecule has 0 rings (SSSR count). The summed E-state index contributed by atoms with van der Waals surface area (Å²) >= 11 is 0. The van der Waals surface area contributed by atoms with Gasteiger partial charge in [0, 0.05) is 0 Å². The SMILES string of the molecule is C=C/C=C\C/C(=C\C(C)F)C(C)(C)C. The summed E-state index contributed by atoms with van der Waals surface area (Å²) in [6.45, 7) is 11.5. The molecule has 0 radical (unpaired) electrons. The van der Waals surface area contributed by atoms with Gasteiger partial charge in [0.15, 0.2) is 0 Å². The van der Waals surface area contributed by atoms with Gasteiger partial charge < -0.3 is 0 Å². The molecule has 0 aromatic rings. The summed E-state index contributed by atoms with van der Waals surface area (Å²) in [5.74, 6) is 0. The molecule has 80 valence electrons. The molecule has 0 aliphatic rings. The maximum absolute atomic E-state index is 12.9. The van der Waals surface area contributed by atoms with Crippen LogP contribution in [0, 0.1) is 5.41 Å². The molecule has 0 aliphatic carbocycles. The van der Waals surface area contributed by atoms with Crippen molar-refractivity contribution in [1.29, 1.82) is 0 Å². The minimum absolute atomic E-state index is 0.0336. The van der Waals surface area contributed by atoms with E-state index < -0.39 is 6.17 Å². The summed E-state index contributed by atoms with van der Waals surface area (Å²) in [6.07, 6.45) is 7.26. The maximum atomic E-state index is 12.9. The fourth-order valence-electron chi connectivity index (χ4n) is 1.19. The van der Waals surface area contributed by atoms with Crippen LogP contribution >= 0.6 is 0 Å². The van der Waals surface area contributed by atoms with E-state index >= 15 is 0 Å². The molecule has 0 aliphatic heterocycles. The van der Waals surface area contributed by atoms with Gasteiger partial charge in [-0.25, -0.2) is 4.39 Å². The average molecular weight is 196 g/mol. The topological polar surface area (TPSA) is 0 Å². The van der Waals surface area contributed by atoms with Crippen LogP contribution in [0.5, 0.6) is 0 Å². The van der Waals surface area contributed by atoms with Crippen LogP contribution < -0.4 is 0 Å². The van der Waals surface area contributed by atoms with Crippen molar-refractivity contribution in [3.63, 3.8) is 0 Å². The zero-order valence-electron chi connectivity index (χ0n) is 9.68. The molecule has 1 heteroatoms. The first-order valence-corrected chi connectivity index (χ1v) is 5.00. The summed E-state index contributed by atoms with van der Waals surface area (Å²) in [5, 5.41) is 0. The van der Waals surface area contributed by atoms with Crippen LogP contribution in [-0.4, -0.2) is 6.17 Å². The third kappa shape index (κ3) is 5.74. The predicted octanol–water partition coefficient (Wildman–Crippen LogP) is 4.45. The Kier molecular flexibility index (Phi) is 5.44. The van der Waals surface area contributed by atoms with E-state index in [9.17, 15) is 4.39 Å². The minimum Gasteiger partial charge on any atom is -0.243 e. The van der Waals surface area contributed by atoms with Crippen LogP contribution in [0.1, 0.15) is 34.1 Å². The Morgan fingerprint density at radius 2 is 2.00 bits per heavy atom. The molecule has 0 heterocycles. The highest BCUT2D eigenvalue weighted by Gasteiger charge is 2.16. The van der Waals surface area contributed by atoms with Gasteiger partial charge in [0.2, 0.25) is 0 Å². The van der Waals surface area contributed by atoms with Gasteiger partial charge in [-0.2, -0.15) is 0 Å². The minimum atomic E-state index is -0.874. The van der Waals surface area contributed by atoms with Gasteiger partial charge in [0.05, 0.1) is 0 Å². The lowest BCUT2D eigenvalue weighted by molar-refractivity contribution is 0.413. The molecule has 0 saturated heterocycles. The van der Waals surface area contributed by atoms with E-state index in [-0.39, 0.29) is 5.41 Å². The second-order valence-corrected chi connectivity index (χ2v) is 4.49. The number of allylic oxidation sites excluding steroid dienone is 5. The summed E-state index contributed by atoms with van der Waals surface area (Å²) in [5.41, 5.74) is 1.16. The Balaban J connectivity index is 4.58. The Morgan fingerprint density at radius 3 is 2.36 bits per heavy atom. The lowest BCUT2D eigenvalue weighted by Gasteiger charge is -2.22. The van der Waals surface area contributed by atoms with Crippen molar-refractivity contribution in [3.8, 4) is 0 Å². The van der Waals surface area contributed by atoms with Gasteiger partial charge in [0.1, 0.15) is 6.17 Å². The molecule has 0 N–H and O–H groups in total. The zero-order chi connectivity index (χ0) is 11.2. The van der Waals surface area contributed by atoms with Crippen LogP contribution in [-0.2, 0) is 0 Å². The fourth-order valence-corrected chi connectivity index (χ4v) is 1.19. The molecular weight excluding hydrogens is 175 g/mol. The number of hydrogen-bond donors (Lipinski definition) is 0. The number of rotatable bonds is 4. The van der Waals surface area contributed by atoms with E-state index in [1.165, 1.54) is 0 Å². The van der Waals surface area contributed by atoms with Crippen molar-refractivity contribution in [2.24, 2.45) is 5.41 Å². The summed E-state index contributed by atoms with van der Waals surface area (Å²) in [7, 11) is 0. The van der Waals surface area contributed by atoms with Crippen molar-refractivity contribution in [3.05, 3.63) is 36.5 Å². The average Bonchev–Trinajstić information content (AvgIpc) is 2.00. The van der Waals surface area contributed by atoms with E-state index in [4.69, 9.17) is 0 Å². The molecule has 14 heavy (non-hydrogen) atoms. The number of alkyl halides is 1. The molecule has 0 spiro atoms. The van der Waals surface area contributed by atoms with Crippen LogP contribution in [0.2, 0.25) is 0 Å². The largest absolute Gasteiger partial charge is 0.243 e. The third-order valence-corrected chi connectivity index (χ3v) is 2.00.